The predicted octanol–water partition coefficient (Wildman–Crippen LogP) is 4.35. The van der Waals surface area contributed by atoms with Crippen LogP contribution in [0.1, 0.15) is 83.2 Å². The Hall–Kier alpha value is -1.14. The summed E-state index contributed by atoms with van der Waals surface area (Å²) in [6, 6.07) is 0. The second-order valence-corrected chi connectivity index (χ2v) is 7.98. The number of rotatable bonds is 4. The topological polar surface area (TPSA) is 47.1 Å². The van der Waals surface area contributed by atoms with Gasteiger partial charge in [0, 0.05) is 17.2 Å². The molecule has 0 aromatic carbocycles. The van der Waals surface area contributed by atoms with Crippen molar-refractivity contribution in [2.75, 3.05) is 0 Å². The summed E-state index contributed by atoms with van der Waals surface area (Å²) in [5.74, 6) is 0.712. The van der Waals surface area contributed by atoms with Crippen molar-refractivity contribution in [3.8, 4) is 0 Å². The first kappa shape index (κ1) is 16.7. The SMILES string of the molecule is CC(C)c1n[nH]c(C2CC2)c1C=C(F)B1OC(C)(C)C(C)(C)O1. The number of halogens is 1. The van der Waals surface area contributed by atoms with E-state index in [9.17, 15) is 4.39 Å². The van der Waals surface area contributed by atoms with E-state index in [0.717, 1.165) is 29.8 Å². The molecule has 2 heterocycles. The lowest BCUT2D eigenvalue weighted by Gasteiger charge is -2.32. The van der Waals surface area contributed by atoms with Crippen molar-refractivity contribution in [2.24, 2.45) is 0 Å². The highest BCUT2D eigenvalue weighted by Crippen LogP contribution is 2.43. The van der Waals surface area contributed by atoms with Gasteiger partial charge in [-0.05, 0) is 52.5 Å². The molecule has 1 aromatic heterocycles. The van der Waals surface area contributed by atoms with Gasteiger partial charge in [-0.2, -0.15) is 5.10 Å². The molecule has 1 aliphatic heterocycles. The van der Waals surface area contributed by atoms with Crippen LogP contribution in [-0.4, -0.2) is 28.5 Å². The number of hydrogen-bond acceptors (Lipinski definition) is 3. The van der Waals surface area contributed by atoms with Crippen LogP contribution in [0.25, 0.3) is 6.08 Å². The third-order valence-corrected chi connectivity index (χ3v) is 5.16. The van der Waals surface area contributed by atoms with E-state index >= 15 is 0 Å². The zero-order valence-corrected chi connectivity index (χ0v) is 14.9. The quantitative estimate of drug-likeness (QED) is 0.839. The maximum Gasteiger partial charge on any atom is 0.525 e. The smallest absolute Gasteiger partial charge is 0.398 e. The Bertz CT molecular complexity index is 597. The van der Waals surface area contributed by atoms with Crippen LogP contribution in [0, 0.1) is 0 Å². The molecular weight excluding hydrogens is 294 g/mol. The molecule has 6 heteroatoms. The maximum atomic E-state index is 14.8. The largest absolute Gasteiger partial charge is 0.525 e. The first-order chi connectivity index (χ1) is 10.6. The third-order valence-electron chi connectivity index (χ3n) is 5.16. The molecule has 23 heavy (non-hydrogen) atoms. The lowest BCUT2D eigenvalue weighted by Crippen LogP contribution is -2.41. The van der Waals surface area contributed by atoms with Gasteiger partial charge in [-0.25, -0.2) is 4.39 Å². The van der Waals surface area contributed by atoms with Crippen molar-refractivity contribution in [2.45, 2.75) is 77.4 Å². The average Bonchev–Trinajstić information content (AvgIpc) is 3.13. The molecule has 0 spiro atoms. The summed E-state index contributed by atoms with van der Waals surface area (Å²) in [4.78, 5) is 0. The molecular formula is C17H26BFN2O2. The van der Waals surface area contributed by atoms with Crippen molar-refractivity contribution in [3.63, 3.8) is 0 Å². The first-order valence-electron chi connectivity index (χ1n) is 8.43. The standard InChI is InChI=1S/C17H26BFN2O2/c1-10(2)14-12(15(21-20-14)11-7-8-11)9-13(19)18-22-16(3,4)17(5,6)23-18/h9-11H,7-8H2,1-6H3,(H,20,21). The molecule has 0 bridgehead atoms. The van der Waals surface area contributed by atoms with E-state index in [-0.39, 0.29) is 5.92 Å². The van der Waals surface area contributed by atoms with E-state index in [2.05, 4.69) is 24.0 Å². The Labute approximate surface area is 138 Å². The van der Waals surface area contributed by atoms with E-state index in [1.807, 2.05) is 27.7 Å². The van der Waals surface area contributed by atoms with Crippen LogP contribution in [0.2, 0.25) is 0 Å². The molecule has 0 unspecified atom stereocenters. The predicted molar refractivity (Wildman–Crippen MR) is 89.8 cm³/mol. The van der Waals surface area contributed by atoms with E-state index in [1.54, 1.807) is 6.08 Å². The van der Waals surface area contributed by atoms with Gasteiger partial charge in [-0.15, -0.1) is 0 Å². The highest BCUT2D eigenvalue weighted by Gasteiger charge is 2.53. The minimum atomic E-state index is -0.957. The second kappa shape index (κ2) is 5.45. The summed E-state index contributed by atoms with van der Waals surface area (Å²) >= 11 is 0. The van der Waals surface area contributed by atoms with Crippen molar-refractivity contribution < 1.29 is 13.7 Å². The lowest BCUT2D eigenvalue weighted by molar-refractivity contribution is 0.00578. The molecule has 4 nitrogen and oxygen atoms in total. The number of nitrogens with zero attached hydrogens (tertiary/aromatic N) is 1. The van der Waals surface area contributed by atoms with Crippen LogP contribution in [0.3, 0.4) is 0 Å². The summed E-state index contributed by atoms with van der Waals surface area (Å²) in [6.45, 7) is 11.8. The van der Waals surface area contributed by atoms with Gasteiger partial charge in [0.25, 0.3) is 0 Å². The molecule has 1 saturated carbocycles. The normalized spacial score (nSPS) is 23.8. The number of aromatic amines is 1. The fourth-order valence-corrected chi connectivity index (χ4v) is 2.82. The van der Waals surface area contributed by atoms with Gasteiger partial charge in [0.1, 0.15) is 5.73 Å². The van der Waals surface area contributed by atoms with Gasteiger partial charge in [0.2, 0.25) is 0 Å². The molecule has 3 rings (SSSR count). The van der Waals surface area contributed by atoms with Gasteiger partial charge < -0.3 is 9.31 Å². The fraction of sp³-hybridized carbons (Fsp3) is 0.706. The molecule has 2 aliphatic rings. The summed E-state index contributed by atoms with van der Waals surface area (Å²) < 4.78 is 26.4. The van der Waals surface area contributed by atoms with Gasteiger partial charge in [0.15, 0.2) is 0 Å². The summed E-state index contributed by atoms with van der Waals surface area (Å²) in [5, 5.41) is 7.50. The van der Waals surface area contributed by atoms with Crippen LogP contribution in [0.4, 0.5) is 4.39 Å². The fourth-order valence-electron chi connectivity index (χ4n) is 2.82. The zero-order chi connectivity index (χ0) is 17.0. The number of hydrogen-bond donors (Lipinski definition) is 1. The number of H-pyrrole nitrogens is 1. The maximum absolute atomic E-state index is 14.8. The van der Waals surface area contributed by atoms with Crippen molar-refractivity contribution in [3.05, 3.63) is 22.7 Å². The van der Waals surface area contributed by atoms with Crippen LogP contribution in [-0.2, 0) is 9.31 Å². The van der Waals surface area contributed by atoms with Gasteiger partial charge >= 0.3 is 7.12 Å². The molecule has 1 saturated heterocycles. The van der Waals surface area contributed by atoms with Crippen molar-refractivity contribution in [1.82, 2.24) is 10.2 Å². The number of nitrogens with one attached hydrogen (secondary N) is 1. The Morgan fingerprint density at radius 3 is 2.30 bits per heavy atom. The van der Waals surface area contributed by atoms with E-state index < -0.39 is 24.0 Å². The Morgan fingerprint density at radius 2 is 1.83 bits per heavy atom. The Morgan fingerprint density at radius 1 is 1.26 bits per heavy atom. The highest BCUT2D eigenvalue weighted by atomic mass is 19.1. The molecule has 0 atom stereocenters. The summed E-state index contributed by atoms with van der Waals surface area (Å²) in [5.41, 5.74) is 1.33. The van der Waals surface area contributed by atoms with Gasteiger partial charge in [0.05, 0.1) is 16.9 Å². The van der Waals surface area contributed by atoms with E-state index in [1.165, 1.54) is 0 Å². The second-order valence-electron chi connectivity index (χ2n) is 7.98. The first-order valence-corrected chi connectivity index (χ1v) is 8.43. The van der Waals surface area contributed by atoms with Crippen LogP contribution >= 0.6 is 0 Å². The molecule has 1 aliphatic carbocycles. The van der Waals surface area contributed by atoms with Crippen molar-refractivity contribution >= 4 is 13.2 Å². The number of aromatic nitrogens is 2. The summed E-state index contributed by atoms with van der Waals surface area (Å²) in [6.07, 6.45) is 3.83. The van der Waals surface area contributed by atoms with Gasteiger partial charge in [-0.3, -0.25) is 5.10 Å². The third kappa shape index (κ3) is 2.99. The average molecular weight is 320 g/mol. The minimum absolute atomic E-state index is 0.232. The molecule has 1 N–H and O–H groups in total. The van der Waals surface area contributed by atoms with Crippen molar-refractivity contribution in [1.29, 1.82) is 0 Å². The van der Waals surface area contributed by atoms with Gasteiger partial charge in [-0.1, -0.05) is 13.8 Å². The monoisotopic (exact) mass is 320 g/mol. The summed E-state index contributed by atoms with van der Waals surface area (Å²) in [7, 11) is -0.957. The van der Waals surface area contributed by atoms with E-state index in [4.69, 9.17) is 9.31 Å². The van der Waals surface area contributed by atoms with Crippen LogP contribution in [0.5, 0.6) is 0 Å². The molecule has 2 fully saturated rings. The molecule has 0 radical (unpaired) electrons. The van der Waals surface area contributed by atoms with Crippen LogP contribution in [0.15, 0.2) is 5.73 Å². The van der Waals surface area contributed by atoms with E-state index in [0.29, 0.717) is 5.92 Å². The Kier molecular flexibility index (Phi) is 3.96. The molecule has 1 aromatic rings. The van der Waals surface area contributed by atoms with Crippen LogP contribution < -0.4 is 0 Å². The zero-order valence-electron chi connectivity index (χ0n) is 14.9. The lowest BCUT2D eigenvalue weighted by atomic mass is 9.86. The highest BCUT2D eigenvalue weighted by molar-refractivity contribution is 6.54. The minimum Gasteiger partial charge on any atom is -0.398 e. The Balaban J connectivity index is 1.91. The molecule has 126 valence electrons. The molecule has 0 amide bonds.